The van der Waals surface area contributed by atoms with Crippen LogP contribution in [0.4, 0.5) is 5.69 Å². The van der Waals surface area contributed by atoms with Gasteiger partial charge in [-0.3, -0.25) is 9.59 Å². The van der Waals surface area contributed by atoms with E-state index in [0.29, 0.717) is 40.9 Å². The van der Waals surface area contributed by atoms with Crippen molar-refractivity contribution in [1.29, 1.82) is 0 Å². The number of carbonyl (C=O) groups is 3. The van der Waals surface area contributed by atoms with Gasteiger partial charge in [-0.1, -0.05) is 54.1 Å². The molecule has 0 radical (unpaired) electrons. The Morgan fingerprint density at radius 2 is 1.66 bits per heavy atom. The summed E-state index contributed by atoms with van der Waals surface area (Å²) in [5.74, 6) is -1.17. The largest absolute Gasteiger partial charge is 0.465 e. The number of esters is 1. The minimum atomic E-state index is -0.744. The third kappa shape index (κ3) is 6.57. The third-order valence-electron chi connectivity index (χ3n) is 6.39. The molecule has 1 atom stereocenters. The van der Waals surface area contributed by atoms with E-state index >= 15 is 0 Å². The minimum absolute atomic E-state index is 0.00128. The van der Waals surface area contributed by atoms with Crippen molar-refractivity contribution in [3.63, 3.8) is 0 Å². The summed E-state index contributed by atoms with van der Waals surface area (Å²) in [5, 5.41) is 4.34. The van der Waals surface area contributed by atoms with Gasteiger partial charge in [0.05, 0.1) is 24.8 Å². The topological polar surface area (TPSA) is 79.0 Å². The van der Waals surface area contributed by atoms with Crippen molar-refractivity contribution in [2.45, 2.75) is 25.3 Å². The van der Waals surface area contributed by atoms with Crippen LogP contribution in [0.15, 0.2) is 78.9 Å². The molecule has 1 aliphatic heterocycles. The molecule has 1 heterocycles. The number of imide groups is 1. The summed E-state index contributed by atoms with van der Waals surface area (Å²) >= 11 is 11.8. The molecular weight excluding hydrogens is 522 g/mol. The highest BCUT2D eigenvalue weighted by atomic mass is 35.5. The predicted molar refractivity (Wildman–Crippen MR) is 151 cm³/mol. The van der Waals surface area contributed by atoms with Crippen molar-refractivity contribution in [1.82, 2.24) is 10.2 Å². The van der Waals surface area contributed by atoms with Crippen LogP contribution in [0.3, 0.4) is 0 Å². The molecule has 1 saturated heterocycles. The van der Waals surface area contributed by atoms with Crippen LogP contribution in [-0.2, 0) is 27.2 Å². The Hall–Kier alpha value is -3.75. The maximum absolute atomic E-state index is 13.6. The van der Waals surface area contributed by atoms with Crippen LogP contribution < -0.4 is 10.2 Å². The molecule has 0 aromatic heterocycles. The second-order valence-corrected chi connectivity index (χ2v) is 9.69. The summed E-state index contributed by atoms with van der Waals surface area (Å²) in [5.41, 5.74) is 2.94. The number of halogens is 1. The van der Waals surface area contributed by atoms with Crippen LogP contribution >= 0.6 is 23.8 Å². The summed E-state index contributed by atoms with van der Waals surface area (Å²) in [6.45, 7) is 1.03. The lowest BCUT2D eigenvalue weighted by atomic mass is 10.1. The molecule has 1 fully saturated rings. The normalized spacial score (nSPS) is 14.9. The Balaban J connectivity index is 1.50. The zero-order valence-corrected chi connectivity index (χ0v) is 22.5. The molecule has 196 valence electrons. The quantitative estimate of drug-likeness (QED) is 0.240. The molecule has 3 aromatic carbocycles. The van der Waals surface area contributed by atoms with Crippen LogP contribution in [0, 0.1) is 0 Å². The van der Waals surface area contributed by atoms with E-state index in [4.69, 9.17) is 28.6 Å². The fraction of sp³-hybridized carbons (Fsp3) is 0.241. The molecule has 7 nitrogen and oxygen atoms in total. The molecule has 1 aliphatic rings. The van der Waals surface area contributed by atoms with Gasteiger partial charge in [0.1, 0.15) is 6.04 Å². The number of rotatable bonds is 9. The third-order valence-corrected chi connectivity index (χ3v) is 7.02. The number of methoxy groups -OCH3 is 1. The predicted octanol–water partition coefficient (Wildman–Crippen LogP) is 4.42. The molecule has 4 rings (SSSR count). The number of hydrogen-bond acceptors (Lipinski definition) is 5. The second kappa shape index (κ2) is 12.7. The van der Waals surface area contributed by atoms with Gasteiger partial charge < -0.3 is 15.0 Å². The first-order valence-electron chi connectivity index (χ1n) is 12.3. The van der Waals surface area contributed by atoms with Crippen LogP contribution in [0.5, 0.6) is 0 Å². The lowest BCUT2D eigenvalue weighted by molar-refractivity contribution is -0.122. The Kier molecular flexibility index (Phi) is 9.10. The van der Waals surface area contributed by atoms with Crippen molar-refractivity contribution in [2.24, 2.45) is 0 Å². The minimum Gasteiger partial charge on any atom is -0.465 e. The van der Waals surface area contributed by atoms with Gasteiger partial charge in [-0.25, -0.2) is 9.69 Å². The van der Waals surface area contributed by atoms with Gasteiger partial charge in [-0.15, -0.1) is 0 Å². The summed E-state index contributed by atoms with van der Waals surface area (Å²) in [6, 6.07) is 23.0. The average molecular weight is 550 g/mol. The lowest BCUT2D eigenvalue weighted by Gasteiger charge is -2.30. The van der Waals surface area contributed by atoms with E-state index in [0.717, 1.165) is 16.9 Å². The summed E-state index contributed by atoms with van der Waals surface area (Å²) in [7, 11) is 1.30. The Bertz CT molecular complexity index is 1300. The number of ether oxygens (including phenoxy) is 1. The second-order valence-electron chi connectivity index (χ2n) is 8.86. The number of amides is 2. The Morgan fingerprint density at radius 3 is 2.32 bits per heavy atom. The Labute approximate surface area is 232 Å². The van der Waals surface area contributed by atoms with E-state index in [-0.39, 0.29) is 18.2 Å². The summed E-state index contributed by atoms with van der Waals surface area (Å²) in [6.07, 6.45) is 1.38. The number of carbonyl (C=O) groups excluding carboxylic acids is 3. The van der Waals surface area contributed by atoms with Crippen molar-refractivity contribution in [3.05, 3.63) is 101 Å². The van der Waals surface area contributed by atoms with Crippen LogP contribution in [0.1, 0.15) is 27.9 Å². The first-order valence-corrected chi connectivity index (χ1v) is 13.0. The molecule has 1 unspecified atom stereocenters. The number of nitrogens with zero attached hydrogens (tertiary/aromatic N) is 2. The molecule has 38 heavy (non-hydrogen) atoms. The van der Waals surface area contributed by atoms with Gasteiger partial charge >= 0.3 is 5.97 Å². The van der Waals surface area contributed by atoms with Crippen molar-refractivity contribution in [2.75, 3.05) is 25.1 Å². The monoisotopic (exact) mass is 549 g/mol. The zero-order valence-electron chi connectivity index (χ0n) is 20.9. The number of thiocarbonyl (C=S) groups is 1. The maximum atomic E-state index is 13.6. The van der Waals surface area contributed by atoms with Crippen LogP contribution in [0.25, 0.3) is 0 Å². The first-order chi connectivity index (χ1) is 18.4. The standard InChI is InChI=1S/C29H28ClN3O4S/c1-37-28(36)22-9-13-24(14-10-22)33-26(34)19-25(27(33)35)32(18-16-21-7-11-23(30)12-8-21)29(38)31-17-15-20-5-3-2-4-6-20/h2-14,25H,15-19H2,1H3,(H,31,38). The fourth-order valence-electron chi connectivity index (χ4n) is 4.35. The zero-order chi connectivity index (χ0) is 27.1. The molecule has 3 aromatic rings. The molecular formula is C29H28ClN3O4S. The summed E-state index contributed by atoms with van der Waals surface area (Å²) in [4.78, 5) is 41.3. The number of benzene rings is 3. The van der Waals surface area contributed by atoms with Crippen LogP contribution in [-0.4, -0.2) is 54.0 Å². The highest BCUT2D eigenvalue weighted by Gasteiger charge is 2.43. The van der Waals surface area contributed by atoms with E-state index < -0.39 is 12.0 Å². The van der Waals surface area contributed by atoms with Gasteiger partial charge in [0.25, 0.3) is 5.91 Å². The van der Waals surface area contributed by atoms with Gasteiger partial charge in [-0.05, 0) is 72.6 Å². The number of hydrogen-bond donors (Lipinski definition) is 1. The molecule has 0 saturated carbocycles. The molecule has 9 heteroatoms. The molecule has 2 amide bonds. The first kappa shape index (κ1) is 27.3. The fourth-order valence-corrected chi connectivity index (χ4v) is 4.80. The molecule has 0 bridgehead atoms. The van der Waals surface area contributed by atoms with E-state index in [2.05, 4.69) is 5.32 Å². The SMILES string of the molecule is COC(=O)c1ccc(N2C(=O)CC(N(CCc3ccc(Cl)cc3)C(=S)NCCc3ccccc3)C2=O)cc1. The van der Waals surface area contributed by atoms with E-state index in [1.165, 1.54) is 24.8 Å². The van der Waals surface area contributed by atoms with Gasteiger partial charge in [-0.2, -0.15) is 0 Å². The highest BCUT2D eigenvalue weighted by Crippen LogP contribution is 2.27. The van der Waals surface area contributed by atoms with Crippen LogP contribution in [0.2, 0.25) is 5.02 Å². The van der Waals surface area contributed by atoms with Crippen molar-refractivity contribution >= 4 is 52.4 Å². The van der Waals surface area contributed by atoms with E-state index in [1.54, 1.807) is 17.0 Å². The number of anilines is 1. The smallest absolute Gasteiger partial charge is 0.337 e. The molecule has 0 spiro atoms. The number of nitrogens with one attached hydrogen (secondary N) is 1. The highest BCUT2D eigenvalue weighted by molar-refractivity contribution is 7.80. The van der Waals surface area contributed by atoms with Crippen molar-refractivity contribution in [3.8, 4) is 0 Å². The average Bonchev–Trinajstić information content (AvgIpc) is 3.23. The van der Waals surface area contributed by atoms with Crippen molar-refractivity contribution < 1.29 is 19.1 Å². The lowest BCUT2D eigenvalue weighted by Crippen LogP contribution is -2.50. The van der Waals surface area contributed by atoms with Gasteiger partial charge in [0, 0.05) is 18.1 Å². The van der Waals surface area contributed by atoms with Gasteiger partial charge in [0.15, 0.2) is 5.11 Å². The van der Waals surface area contributed by atoms with Gasteiger partial charge in [0.2, 0.25) is 5.91 Å². The molecule has 0 aliphatic carbocycles. The van der Waals surface area contributed by atoms with E-state index in [1.807, 2.05) is 54.6 Å². The molecule has 1 N–H and O–H groups in total. The Morgan fingerprint density at radius 1 is 1.00 bits per heavy atom. The van der Waals surface area contributed by atoms with E-state index in [9.17, 15) is 14.4 Å². The maximum Gasteiger partial charge on any atom is 0.337 e. The summed E-state index contributed by atoms with van der Waals surface area (Å²) < 4.78 is 4.73.